The Balaban J connectivity index is 1.96. The molecule has 140 valence electrons. The molecule has 0 fully saturated rings. The van der Waals surface area contributed by atoms with E-state index >= 15 is 0 Å². The molecule has 0 saturated carbocycles. The molecular weight excluding hydrogens is 344 g/mol. The van der Waals surface area contributed by atoms with Crippen LogP contribution in [-0.2, 0) is 0 Å². The second-order valence-corrected chi connectivity index (χ2v) is 5.48. The van der Waals surface area contributed by atoms with Gasteiger partial charge in [0.05, 0.1) is 19.9 Å². The van der Waals surface area contributed by atoms with Crippen molar-refractivity contribution in [1.82, 2.24) is 5.43 Å². The van der Waals surface area contributed by atoms with Crippen molar-refractivity contribution in [2.75, 3.05) is 20.3 Å². The Kier molecular flexibility index (Phi) is 7.73. The molecule has 6 nitrogen and oxygen atoms in total. The van der Waals surface area contributed by atoms with Crippen molar-refractivity contribution in [3.63, 3.8) is 0 Å². The minimum Gasteiger partial charge on any atom is -0.494 e. The molecule has 2 aromatic carbocycles. The maximum Gasteiger partial charge on any atom is 0.271 e. The van der Waals surface area contributed by atoms with Crippen LogP contribution in [0.25, 0.3) is 0 Å². The highest BCUT2D eigenvalue weighted by molar-refractivity contribution is 5.95. The van der Waals surface area contributed by atoms with E-state index in [-0.39, 0.29) is 12.5 Å². The molecule has 2 rings (SSSR count). The van der Waals surface area contributed by atoms with Gasteiger partial charge in [-0.2, -0.15) is 5.10 Å². The lowest BCUT2D eigenvalue weighted by atomic mass is 10.2. The maximum absolute atomic E-state index is 12.1. The molecule has 27 heavy (non-hydrogen) atoms. The number of benzene rings is 2. The predicted octanol–water partition coefficient (Wildman–Crippen LogP) is 3.26. The molecule has 0 saturated heterocycles. The van der Waals surface area contributed by atoms with Crippen LogP contribution in [0.4, 0.5) is 0 Å². The van der Waals surface area contributed by atoms with Gasteiger partial charge in [0.15, 0.2) is 11.5 Å². The first-order valence-electron chi connectivity index (χ1n) is 8.48. The van der Waals surface area contributed by atoms with Crippen LogP contribution in [0.2, 0.25) is 0 Å². The third-order valence-corrected chi connectivity index (χ3v) is 3.47. The molecule has 2 aromatic rings. The highest BCUT2D eigenvalue weighted by atomic mass is 16.5. The summed E-state index contributed by atoms with van der Waals surface area (Å²) in [4.78, 5) is 12.1. The maximum atomic E-state index is 12.1. The highest BCUT2D eigenvalue weighted by Gasteiger charge is 2.06. The minimum atomic E-state index is -0.311. The van der Waals surface area contributed by atoms with E-state index in [4.69, 9.17) is 20.6 Å². The van der Waals surface area contributed by atoms with Gasteiger partial charge < -0.3 is 14.2 Å². The number of carbonyl (C=O) groups excluding carboxylic acids is 1. The average Bonchev–Trinajstić information content (AvgIpc) is 2.71. The number of hydrazone groups is 1. The number of nitrogens with zero attached hydrogens (tertiary/aromatic N) is 1. The smallest absolute Gasteiger partial charge is 0.271 e. The van der Waals surface area contributed by atoms with Crippen molar-refractivity contribution >= 4 is 12.1 Å². The first-order valence-corrected chi connectivity index (χ1v) is 8.48. The Hall–Kier alpha value is -3.46. The van der Waals surface area contributed by atoms with Crippen LogP contribution in [0.1, 0.15) is 29.3 Å². The lowest BCUT2D eigenvalue weighted by molar-refractivity contribution is 0.0955. The summed E-state index contributed by atoms with van der Waals surface area (Å²) in [7, 11) is 1.54. The summed E-state index contributed by atoms with van der Waals surface area (Å²) < 4.78 is 16.1. The topological polar surface area (TPSA) is 69.2 Å². The fourth-order valence-corrected chi connectivity index (χ4v) is 2.16. The molecule has 0 aromatic heterocycles. The van der Waals surface area contributed by atoms with Crippen LogP contribution >= 0.6 is 0 Å². The van der Waals surface area contributed by atoms with Crippen molar-refractivity contribution in [3.05, 3.63) is 53.6 Å². The number of nitrogens with one attached hydrogen (secondary N) is 1. The number of rotatable bonds is 9. The monoisotopic (exact) mass is 366 g/mol. The van der Waals surface area contributed by atoms with Crippen molar-refractivity contribution in [2.45, 2.75) is 13.3 Å². The van der Waals surface area contributed by atoms with Gasteiger partial charge in [-0.25, -0.2) is 5.43 Å². The van der Waals surface area contributed by atoms with E-state index in [0.717, 1.165) is 17.7 Å². The van der Waals surface area contributed by atoms with Gasteiger partial charge in [-0.1, -0.05) is 12.8 Å². The molecule has 0 atom stereocenters. The SMILES string of the molecule is C#CCOc1ccc(/C=N/NC(=O)c2ccc(OCCC)cc2)cc1OC. The van der Waals surface area contributed by atoms with E-state index in [9.17, 15) is 4.79 Å². The Morgan fingerprint density at radius 1 is 1.19 bits per heavy atom. The van der Waals surface area contributed by atoms with Crippen molar-refractivity contribution in [2.24, 2.45) is 5.10 Å². The predicted molar refractivity (Wildman–Crippen MR) is 105 cm³/mol. The molecule has 0 aliphatic rings. The summed E-state index contributed by atoms with van der Waals surface area (Å²) in [5.41, 5.74) is 3.72. The van der Waals surface area contributed by atoms with E-state index in [1.807, 2.05) is 6.92 Å². The summed E-state index contributed by atoms with van der Waals surface area (Å²) in [6, 6.07) is 12.1. The van der Waals surface area contributed by atoms with Gasteiger partial charge in [0.2, 0.25) is 0 Å². The molecule has 0 unspecified atom stereocenters. The van der Waals surface area contributed by atoms with E-state index in [2.05, 4.69) is 16.4 Å². The molecule has 1 amide bonds. The molecule has 0 aliphatic heterocycles. The van der Waals surface area contributed by atoms with Gasteiger partial charge in [0.25, 0.3) is 5.91 Å². The van der Waals surface area contributed by atoms with Crippen LogP contribution in [0, 0.1) is 12.3 Å². The van der Waals surface area contributed by atoms with Gasteiger partial charge in [-0.3, -0.25) is 4.79 Å². The number of carbonyl (C=O) groups is 1. The molecular formula is C21H22N2O4. The molecule has 0 heterocycles. The van der Waals surface area contributed by atoms with Gasteiger partial charge in [-0.05, 0) is 54.4 Å². The fourth-order valence-electron chi connectivity index (χ4n) is 2.16. The molecule has 0 aliphatic carbocycles. The van der Waals surface area contributed by atoms with E-state index in [1.165, 1.54) is 13.3 Å². The number of hydrogen-bond donors (Lipinski definition) is 1. The first kappa shape index (κ1) is 19.9. The minimum absolute atomic E-state index is 0.155. The lowest BCUT2D eigenvalue weighted by Gasteiger charge is -2.09. The third kappa shape index (κ3) is 6.08. The van der Waals surface area contributed by atoms with Gasteiger partial charge in [-0.15, -0.1) is 6.42 Å². The standard InChI is InChI=1S/C21H22N2O4/c1-4-12-26-18-9-7-17(8-10-18)21(24)23-22-15-16-6-11-19(27-13-5-2)20(14-16)25-3/h2,6-11,14-15H,4,12-13H2,1,3H3,(H,23,24)/b22-15+. The first-order chi connectivity index (χ1) is 13.2. The van der Waals surface area contributed by atoms with Crippen LogP contribution < -0.4 is 19.6 Å². The summed E-state index contributed by atoms with van der Waals surface area (Å²) >= 11 is 0. The van der Waals surface area contributed by atoms with Gasteiger partial charge in [0.1, 0.15) is 12.4 Å². The zero-order valence-corrected chi connectivity index (χ0v) is 15.4. The Labute approximate surface area is 159 Å². The van der Waals surface area contributed by atoms with E-state index < -0.39 is 0 Å². The average molecular weight is 366 g/mol. The fraction of sp³-hybridized carbons (Fsp3) is 0.238. The quantitative estimate of drug-likeness (QED) is 0.420. The number of ether oxygens (including phenoxy) is 3. The van der Waals surface area contributed by atoms with Crippen LogP contribution in [0.15, 0.2) is 47.6 Å². The van der Waals surface area contributed by atoms with Gasteiger partial charge in [0, 0.05) is 5.56 Å². The Bertz CT molecular complexity index is 823. The second-order valence-electron chi connectivity index (χ2n) is 5.48. The Morgan fingerprint density at radius 3 is 2.63 bits per heavy atom. The van der Waals surface area contributed by atoms with Crippen molar-refractivity contribution in [3.8, 4) is 29.6 Å². The molecule has 0 radical (unpaired) electrons. The Morgan fingerprint density at radius 2 is 1.96 bits per heavy atom. The number of amides is 1. The zero-order chi connectivity index (χ0) is 19.5. The lowest BCUT2D eigenvalue weighted by Crippen LogP contribution is -2.17. The number of methoxy groups -OCH3 is 1. The summed E-state index contributed by atoms with van der Waals surface area (Å²) in [5.74, 6) is 3.89. The molecule has 0 bridgehead atoms. The number of terminal acetylenes is 1. The van der Waals surface area contributed by atoms with Crippen molar-refractivity contribution < 1.29 is 19.0 Å². The van der Waals surface area contributed by atoms with E-state index in [1.54, 1.807) is 42.5 Å². The van der Waals surface area contributed by atoms with Crippen LogP contribution in [0.5, 0.6) is 17.2 Å². The molecule has 1 N–H and O–H groups in total. The largest absolute Gasteiger partial charge is 0.494 e. The van der Waals surface area contributed by atoms with E-state index in [0.29, 0.717) is 23.7 Å². The normalized spacial score (nSPS) is 10.3. The summed E-state index contributed by atoms with van der Waals surface area (Å²) in [6.07, 6.45) is 7.63. The number of hydrogen-bond acceptors (Lipinski definition) is 5. The molecule has 6 heteroatoms. The summed E-state index contributed by atoms with van der Waals surface area (Å²) in [6.45, 7) is 2.83. The summed E-state index contributed by atoms with van der Waals surface area (Å²) in [5, 5.41) is 3.97. The van der Waals surface area contributed by atoms with Crippen LogP contribution in [-0.4, -0.2) is 32.4 Å². The van der Waals surface area contributed by atoms with Gasteiger partial charge >= 0.3 is 0 Å². The van der Waals surface area contributed by atoms with Crippen LogP contribution in [0.3, 0.4) is 0 Å². The van der Waals surface area contributed by atoms with Crippen molar-refractivity contribution in [1.29, 1.82) is 0 Å². The third-order valence-electron chi connectivity index (χ3n) is 3.47. The molecule has 0 spiro atoms. The zero-order valence-electron chi connectivity index (χ0n) is 15.4. The second kappa shape index (κ2) is 10.5. The highest BCUT2D eigenvalue weighted by Crippen LogP contribution is 2.27.